The van der Waals surface area contributed by atoms with Crippen LogP contribution in [0.3, 0.4) is 0 Å². The summed E-state index contributed by atoms with van der Waals surface area (Å²) in [5.41, 5.74) is 2.53. The van der Waals surface area contributed by atoms with E-state index in [2.05, 4.69) is 0 Å². The first-order chi connectivity index (χ1) is 16.0. The normalized spacial score (nSPS) is 15.9. The third-order valence-electron chi connectivity index (χ3n) is 5.05. The lowest BCUT2D eigenvalue weighted by atomic mass is 10.1. The van der Waals surface area contributed by atoms with Crippen molar-refractivity contribution in [2.75, 3.05) is 7.11 Å². The summed E-state index contributed by atoms with van der Waals surface area (Å²) in [6.45, 7) is 0.844. The third kappa shape index (κ3) is 5.32. The molecule has 0 radical (unpaired) electrons. The molecule has 1 aliphatic rings. The van der Waals surface area contributed by atoms with Crippen LogP contribution >= 0.6 is 11.8 Å². The number of amidine groups is 1. The number of methoxy groups -OCH3 is 1. The minimum atomic E-state index is -1.34. The van der Waals surface area contributed by atoms with Gasteiger partial charge in [0.15, 0.2) is 5.17 Å². The molecule has 33 heavy (non-hydrogen) atoms. The number of benzene rings is 3. The molecule has 1 aliphatic heterocycles. The smallest absolute Gasteiger partial charge is 0.267 e. The average molecular weight is 458 g/mol. The van der Waals surface area contributed by atoms with Gasteiger partial charge < -0.3 is 14.6 Å². The van der Waals surface area contributed by atoms with Crippen molar-refractivity contribution in [2.24, 2.45) is 4.99 Å². The van der Waals surface area contributed by atoms with Crippen LogP contribution in [0.1, 0.15) is 27.0 Å². The number of thioether (sulfide) groups is 1. The van der Waals surface area contributed by atoms with E-state index < -0.39 is 5.97 Å². The quantitative estimate of drug-likeness (QED) is 0.505. The van der Waals surface area contributed by atoms with Gasteiger partial charge in [-0.2, -0.15) is 0 Å². The molecule has 166 valence electrons. The molecule has 6 nitrogen and oxygen atoms in total. The summed E-state index contributed by atoms with van der Waals surface area (Å²) in [4.78, 5) is 31.6. The maximum absolute atomic E-state index is 13.3. The van der Waals surface area contributed by atoms with E-state index in [0.29, 0.717) is 28.7 Å². The highest BCUT2D eigenvalue weighted by Gasteiger charge is 2.33. The SMILES string of the molecule is COc1ccc(/C=C2\SC(=NCc3ccccc3)N(Cc3ccccc3)C2=O)cc1C(=O)[O-]. The van der Waals surface area contributed by atoms with Gasteiger partial charge in [-0.1, -0.05) is 66.7 Å². The molecular weight excluding hydrogens is 436 g/mol. The average Bonchev–Trinajstić information content (AvgIpc) is 3.13. The summed E-state index contributed by atoms with van der Waals surface area (Å²) >= 11 is 1.28. The molecule has 0 atom stereocenters. The molecule has 1 heterocycles. The van der Waals surface area contributed by atoms with E-state index in [9.17, 15) is 14.7 Å². The van der Waals surface area contributed by atoms with Crippen molar-refractivity contribution >= 4 is 34.9 Å². The highest BCUT2D eigenvalue weighted by Crippen LogP contribution is 2.34. The Bertz CT molecular complexity index is 1220. The number of hydrogen-bond acceptors (Lipinski definition) is 6. The highest BCUT2D eigenvalue weighted by molar-refractivity contribution is 8.18. The van der Waals surface area contributed by atoms with Gasteiger partial charge in [0, 0.05) is 5.56 Å². The largest absolute Gasteiger partial charge is 0.545 e. The fourth-order valence-corrected chi connectivity index (χ4v) is 4.38. The second kappa shape index (κ2) is 10.2. The highest BCUT2D eigenvalue weighted by atomic mass is 32.2. The van der Waals surface area contributed by atoms with Gasteiger partial charge >= 0.3 is 0 Å². The number of ether oxygens (including phenoxy) is 1. The molecule has 0 N–H and O–H groups in total. The van der Waals surface area contributed by atoms with E-state index in [1.54, 1.807) is 23.1 Å². The Labute approximate surface area is 196 Å². The van der Waals surface area contributed by atoms with Crippen LogP contribution < -0.4 is 9.84 Å². The summed E-state index contributed by atoms with van der Waals surface area (Å²) in [5, 5.41) is 12.1. The summed E-state index contributed by atoms with van der Waals surface area (Å²) in [5.74, 6) is -1.31. The number of nitrogens with zero attached hydrogens (tertiary/aromatic N) is 2. The van der Waals surface area contributed by atoms with Gasteiger partial charge in [0.2, 0.25) is 0 Å². The van der Waals surface area contributed by atoms with Crippen LogP contribution in [0.15, 0.2) is 88.8 Å². The van der Waals surface area contributed by atoms with Crippen molar-refractivity contribution in [3.05, 3.63) is 106 Å². The molecule has 0 saturated carbocycles. The zero-order chi connectivity index (χ0) is 23.2. The van der Waals surface area contributed by atoms with E-state index in [1.807, 2.05) is 60.7 Å². The zero-order valence-corrected chi connectivity index (χ0v) is 18.7. The van der Waals surface area contributed by atoms with Gasteiger partial charge in [0.25, 0.3) is 5.91 Å². The zero-order valence-electron chi connectivity index (χ0n) is 17.9. The van der Waals surface area contributed by atoms with E-state index in [0.717, 1.165) is 11.1 Å². The van der Waals surface area contributed by atoms with Crippen molar-refractivity contribution in [2.45, 2.75) is 13.1 Å². The van der Waals surface area contributed by atoms with E-state index in [4.69, 9.17) is 9.73 Å². The first-order valence-corrected chi connectivity index (χ1v) is 11.1. The molecule has 3 aromatic carbocycles. The van der Waals surface area contributed by atoms with Crippen LogP contribution in [0.4, 0.5) is 0 Å². The summed E-state index contributed by atoms with van der Waals surface area (Å²) < 4.78 is 5.09. The molecule has 0 aliphatic carbocycles. The van der Waals surface area contributed by atoms with Gasteiger partial charge in [0.05, 0.1) is 31.1 Å². The second-order valence-corrected chi connectivity index (χ2v) is 8.33. The fraction of sp³-hybridized carbons (Fsp3) is 0.115. The monoisotopic (exact) mass is 457 g/mol. The lowest BCUT2D eigenvalue weighted by molar-refractivity contribution is -0.255. The van der Waals surface area contributed by atoms with Crippen LogP contribution in [-0.4, -0.2) is 29.1 Å². The number of hydrogen-bond donors (Lipinski definition) is 0. The summed E-state index contributed by atoms with van der Waals surface area (Å²) in [7, 11) is 1.40. The Kier molecular flexibility index (Phi) is 6.90. The second-order valence-electron chi connectivity index (χ2n) is 7.32. The minimum absolute atomic E-state index is 0.0681. The summed E-state index contributed by atoms with van der Waals surface area (Å²) in [6, 6.07) is 24.2. The van der Waals surface area contributed by atoms with Crippen LogP contribution in [0.25, 0.3) is 6.08 Å². The first kappa shape index (κ1) is 22.4. The van der Waals surface area contributed by atoms with Crippen molar-refractivity contribution in [1.29, 1.82) is 0 Å². The Morgan fingerprint density at radius 1 is 1.03 bits per heavy atom. The Balaban J connectivity index is 1.66. The lowest BCUT2D eigenvalue weighted by Gasteiger charge is -2.15. The van der Waals surface area contributed by atoms with Crippen LogP contribution in [0.2, 0.25) is 0 Å². The number of aromatic carboxylic acids is 1. The predicted molar refractivity (Wildman–Crippen MR) is 127 cm³/mol. The Morgan fingerprint density at radius 3 is 2.33 bits per heavy atom. The molecule has 0 aromatic heterocycles. The van der Waals surface area contributed by atoms with E-state index >= 15 is 0 Å². The number of rotatable bonds is 7. The van der Waals surface area contributed by atoms with Crippen molar-refractivity contribution in [3.63, 3.8) is 0 Å². The van der Waals surface area contributed by atoms with Gasteiger partial charge in [-0.05, 0) is 46.7 Å². The molecular formula is C26H21N2O4S-. The third-order valence-corrected chi connectivity index (χ3v) is 6.10. The van der Waals surface area contributed by atoms with Gasteiger partial charge in [-0.15, -0.1) is 0 Å². The lowest BCUT2D eigenvalue weighted by Crippen LogP contribution is -2.28. The topological polar surface area (TPSA) is 82.0 Å². The number of carboxylic acid groups (broad SMARTS) is 1. The van der Waals surface area contributed by atoms with Gasteiger partial charge in [0.1, 0.15) is 5.75 Å². The van der Waals surface area contributed by atoms with Crippen LogP contribution in [-0.2, 0) is 17.9 Å². The number of carboxylic acids is 1. The van der Waals surface area contributed by atoms with Crippen molar-refractivity contribution < 1.29 is 19.4 Å². The standard InChI is InChI=1S/C26H22N2O4S/c1-32-22-13-12-20(14-21(22)25(30)31)15-23-24(29)28(17-19-10-6-3-7-11-19)26(33-23)27-16-18-8-4-2-5-9-18/h2-15H,16-17H2,1H3,(H,30,31)/p-1/b23-15-,27-26?. The Hall–Kier alpha value is -3.84. The number of aliphatic imine (C=N–C) groups is 1. The minimum Gasteiger partial charge on any atom is -0.545 e. The molecule has 0 unspecified atom stereocenters. The van der Waals surface area contributed by atoms with Gasteiger partial charge in [-0.25, -0.2) is 0 Å². The molecule has 1 saturated heterocycles. The van der Waals surface area contributed by atoms with E-state index in [1.165, 1.54) is 24.9 Å². The number of carbonyl (C=O) groups is 2. The number of carbonyl (C=O) groups excluding carboxylic acids is 2. The first-order valence-electron chi connectivity index (χ1n) is 10.3. The van der Waals surface area contributed by atoms with Crippen LogP contribution in [0, 0.1) is 0 Å². The molecule has 1 amide bonds. The van der Waals surface area contributed by atoms with Crippen molar-refractivity contribution in [3.8, 4) is 5.75 Å². The van der Waals surface area contributed by atoms with Crippen LogP contribution in [0.5, 0.6) is 5.75 Å². The van der Waals surface area contributed by atoms with Gasteiger partial charge in [-0.3, -0.25) is 14.7 Å². The molecule has 4 rings (SSSR count). The maximum atomic E-state index is 13.3. The molecule has 0 spiro atoms. The molecule has 3 aromatic rings. The molecule has 7 heteroatoms. The number of amides is 1. The maximum Gasteiger partial charge on any atom is 0.267 e. The summed E-state index contributed by atoms with van der Waals surface area (Å²) in [6.07, 6.45) is 1.67. The molecule has 0 bridgehead atoms. The Morgan fingerprint density at radius 2 is 1.70 bits per heavy atom. The van der Waals surface area contributed by atoms with E-state index in [-0.39, 0.29) is 17.2 Å². The molecule has 1 fully saturated rings. The predicted octanol–water partition coefficient (Wildman–Crippen LogP) is 3.73. The van der Waals surface area contributed by atoms with Crippen molar-refractivity contribution in [1.82, 2.24) is 4.90 Å². The fourth-order valence-electron chi connectivity index (χ4n) is 3.40.